The Bertz CT molecular complexity index is 1800. The van der Waals surface area contributed by atoms with Crippen LogP contribution in [-0.4, -0.2) is 131 Å². The molecule has 0 radical (unpaired) electrons. The maximum Gasteiger partial charge on any atom is 0.218 e. The molecule has 2 N–H and O–H groups in total. The molecule has 7 rings (SSSR count). The van der Waals surface area contributed by atoms with E-state index in [-0.39, 0.29) is 63.5 Å². The molecule has 504 valence electrons. The number of ether oxygens (including phenoxy) is 8. The molecule has 4 aromatic carbocycles. The van der Waals surface area contributed by atoms with E-state index in [2.05, 4.69) is 88.1 Å². The number of para-hydroxylation sites is 4. The van der Waals surface area contributed by atoms with Gasteiger partial charge in [0.15, 0.2) is 16.6 Å². The van der Waals surface area contributed by atoms with Crippen molar-refractivity contribution in [3.05, 3.63) is 121 Å². The summed E-state index contributed by atoms with van der Waals surface area (Å²) in [5.74, 6) is 3.36. The third-order valence-electron chi connectivity index (χ3n) is 9.69. The zero-order valence-electron chi connectivity index (χ0n) is 53.4. The summed E-state index contributed by atoms with van der Waals surface area (Å²) in [6.07, 6.45) is 6.07. The van der Waals surface area contributed by atoms with Crippen LogP contribution in [0.15, 0.2) is 121 Å². The van der Waals surface area contributed by atoms with Gasteiger partial charge in [-0.25, -0.2) is 0 Å². The molecule has 0 aliphatic carbocycles. The van der Waals surface area contributed by atoms with E-state index in [1.165, 1.54) is 25.7 Å². The molecule has 0 amide bonds. The molecule has 3 heterocycles. The third kappa shape index (κ3) is 59.2. The Labute approximate surface area is 531 Å². The fraction of sp³-hybridized carbons (Fsp3) is 0.657. The van der Waals surface area contributed by atoms with Gasteiger partial charge in [0.25, 0.3) is 0 Å². The molecule has 85 heavy (non-hydrogen) atoms. The smallest absolute Gasteiger partial charge is 0.218 e. The van der Waals surface area contributed by atoms with Gasteiger partial charge in [0.2, 0.25) is 8.32 Å². The minimum atomic E-state index is -2.02. The van der Waals surface area contributed by atoms with E-state index in [1.807, 2.05) is 162 Å². The predicted molar refractivity (Wildman–Crippen MR) is 382 cm³/mol. The number of hydrogen-bond acceptors (Lipinski definition) is 12. The highest BCUT2D eigenvalue weighted by Crippen LogP contribution is 2.34. The number of epoxide rings is 2. The standard InChI is InChI=1S/C17H32O4Si2.C13H20O4Si.2C9H10O2.4C3H8.2C2H6.6CH4/c1-22(2,3)21-23(4,5)13-9-12-19-14-16(18)15-20-17-10-7-6-8-11-17;1-15-18(2,3)12-13(14,10-17-12)9-16-11-7-5-4-6-8-11;2*1-2-4-8(5-3-1)10-6-9-7-11-9;4*1-3-2;2*1-2;;;;;;/h6-8,10-11,16,18H,9,12-15H2,1-5H3;4-8,12,14H,9-10H2,1-3H3;2*1-5,9H,6-7H2;4*3H2,1-2H3;2*1-2H3;6*1H4. The summed E-state index contributed by atoms with van der Waals surface area (Å²) in [6, 6.07) is 39.7. The predicted octanol–water partition coefficient (Wildman–Crippen LogP) is 19.9. The van der Waals surface area contributed by atoms with E-state index in [9.17, 15) is 10.2 Å². The van der Waals surface area contributed by atoms with Gasteiger partial charge in [0.1, 0.15) is 79.1 Å². The van der Waals surface area contributed by atoms with Crippen LogP contribution in [0, 0.1) is 0 Å². The second-order valence-corrected chi connectivity index (χ2v) is 33.8. The summed E-state index contributed by atoms with van der Waals surface area (Å²) in [6.45, 7) is 45.2. The second kappa shape index (κ2) is 63.4. The topological polar surface area (TPSA) is 139 Å². The lowest BCUT2D eigenvalue weighted by atomic mass is 10.0. The highest BCUT2D eigenvalue weighted by molar-refractivity contribution is 6.84. The maximum atomic E-state index is 10.5. The molecule has 0 bridgehead atoms. The van der Waals surface area contributed by atoms with Crippen molar-refractivity contribution < 1.29 is 56.6 Å². The van der Waals surface area contributed by atoms with Gasteiger partial charge < -0.3 is 56.6 Å². The first-order chi connectivity index (χ1) is 37.7. The first kappa shape index (κ1) is 100. The summed E-state index contributed by atoms with van der Waals surface area (Å²) in [5.41, 5.74) is -1.17. The lowest BCUT2D eigenvalue weighted by Gasteiger charge is -2.49. The van der Waals surface area contributed by atoms with Gasteiger partial charge in [-0.15, -0.1) is 0 Å². The molecule has 5 atom stereocenters. The van der Waals surface area contributed by atoms with Crippen LogP contribution in [0.5, 0.6) is 23.0 Å². The van der Waals surface area contributed by atoms with Gasteiger partial charge in [-0.05, 0) is 107 Å². The monoisotopic (exact) mass is 1260 g/mol. The molecule has 5 unspecified atom stereocenters. The van der Waals surface area contributed by atoms with Crippen molar-refractivity contribution in [2.75, 3.05) is 66.6 Å². The van der Waals surface area contributed by atoms with Gasteiger partial charge in [-0.2, -0.15) is 0 Å². The van der Waals surface area contributed by atoms with Crippen LogP contribution in [0.2, 0.25) is 51.9 Å². The highest BCUT2D eigenvalue weighted by atomic mass is 28.4. The van der Waals surface area contributed by atoms with E-state index in [4.69, 9.17) is 46.4 Å². The van der Waals surface area contributed by atoms with Gasteiger partial charge >= 0.3 is 0 Å². The molecule has 12 nitrogen and oxygen atoms in total. The molecule has 4 aromatic rings. The lowest BCUT2D eigenvalue weighted by Crippen LogP contribution is -2.71. The van der Waals surface area contributed by atoms with Gasteiger partial charge in [0.05, 0.1) is 26.4 Å². The maximum absolute atomic E-state index is 10.5. The summed E-state index contributed by atoms with van der Waals surface area (Å²) in [4.78, 5) is 0. The summed E-state index contributed by atoms with van der Waals surface area (Å²) in [7, 11) is -3.38. The van der Waals surface area contributed by atoms with E-state index in [0.717, 1.165) is 48.7 Å². The number of aliphatic hydroxyl groups excluding tert-OH is 1. The van der Waals surface area contributed by atoms with Crippen LogP contribution >= 0.6 is 0 Å². The van der Waals surface area contributed by atoms with Crippen LogP contribution in [-0.2, 0) is 27.5 Å². The quantitative estimate of drug-likeness (QED) is 0.0440. The van der Waals surface area contributed by atoms with Crippen LogP contribution in [0.4, 0.5) is 0 Å². The van der Waals surface area contributed by atoms with Crippen LogP contribution < -0.4 is 18.9 Å². The SMILES string of the molecule is C.C.C.C.C.C.CC.CC.CCC.CCC.CCC.CCC.CO[Si](C)(C)C1OCC1(O)COc1ccccc1.C[Si](C)(C)O[Si](C)(C)CCCOCC(O)COc1ccccc1.c1ccc(OCC2CO2)cc1.c1ccc(OCC2CO2)cc1. The zero-order chi connectivity index (χ0) is 60.4. The Kier molecular flexibility index (Phi) is 74.9. The Morgan fingerprint density at radius 1 is 0.506 bits per heavy atom. The van der Waals surface area contributed by atoms with Crippen LogP contribution in [0.25, 0.3) is 0 Å². The molecular formula is C70H140O12Si3. The van der Waals surface area contributed by atoms with Crippen molar-refractivity contribution in [2.45, 2.75) is 241 Å². The van der Waals surface area contributed by atoms with Crippen LogP contribution in [0.3, 0.4) is 0 Å². The van der Waals surface area contributed by atoms with Crippen molar-refractivity contribution in [3.63, 3.8) is 0 Å². The van der Waals surface area contributed by atoms with Crippen molar-refractivity contribution in [1.82, 2.24) is 0 Å². The van der Waals surface area contributed by atoms with Crippen molar-refractivity contribution in [2.24, 2.45) is 0 Å². The fourth-order valence-corrected chi connectivity index (χ4v) is 16.5. The minimum Gasteiger partial charge on any atom is -0.491 e. The number of rotatable bonds is 22. The molecule has 3 aliphatic rings. The van der Waals surface area contributed by atoms with Gasteiger partial charge in [-0.3, -0.25) is 0 Å². The van der Waals surface area contributed by atoms with E-state index in [1.54, 1.807) is 7.11 Å². The van der Waals surface area contributed by atoms with Gasteiger partial charge in [0, 0.05) is 13.7 Å². The summed E-state index contributed by atoms with van der Waals surface area (Å²) in [5, 5.41) is 20.4. The Morgan fingerprint density at radius 3 is 1.11 bits per heavy atom. The van der Waals surface area contributed by atoms with E-state index < -0.39 is 36.7 Å². The highest BCUT2D eigenvalue weighted by Gasteiger charge is 2.57. The second-order valence-electron chi connectivity index (χ2n) is 20.6. The summed E-state index contributed by atoms with van der Waals surface area (Å²) >= 11 is 0. The molecule has 0 aromatic heterocycles. The molecule has 3 aliphatic heterocycles. The average Bonchev–Trinajstić information content (AvgIpc) is 4.51. The first-order valence-corrected chi connectivity index (χ1v) is 39.0. The number of benzene rings is 4. The molecule has 0 saturated carbocycles. The van der Waals surface area contributed by atoms with Crippen LogP contribution in [0.1, 0.15) is 160 Å². The Balaban J connectivity index is -0.000000119. The first-order valence-electron chi connectivity index (χ1n) is 29.5. The third-order valence-corrected chi connectivity index (χ3v) is 18.9. The Morgan fingerprint density at radius 2 is 0.824 bits per heavy atom. The van der Waals surface area contributed by atoms with Gasteiger partial charge in [-0.1, -0.05) is 226 Å². The van der Waals surface area contributed by atoms with E-state index in [0.29, 0.717) is 45.2 Å². The fourth-order valence-electron chi connectivity index (χ4n) is 6.35. The number of hydrogen-bond donors (Lipinski definition) is 2. The molecular weight excluding hydrogens is 1120 g/mol. The average molecular weight is 1260 g/mol. The normalized spacial score (nSPS) is 16.1. The molecule has 15 heteroatoms. The van der Waals surface area contributed by atoms with Crippen molar-refractivity contribution in [3.8, 4) is 23.0 Å². The zero-order valence-corrected chi connectivity index (χ0v) is 56.4. The Hall–Kier alpha value is -3.59. The van der Waals surface area contributed by atoms with Crippen molar-refractivity contribution >= 4 is 25.0 Å². The van der Waals surface area contributed by atoms with Crippen molar-refractivity contribution in [1.29, 1.82) is 0 Å². The molecule has 3 fully saturated rings. The molecule has 0 spiro atoms. The lowest BCUT2D eigenvalue weighted by molar-refractivity contribution is -0.222. The largest absolute Gasteiger partial charge is 0.491 e. The molecule has 3 saturated heterocycles. The minimum absolute atomic E-state index is 0. The van der Waals surface area contributed by atoms with E-state index >= 15 is 0 Å². The number of aliphatic hydroxyl groups is 2. The summed E-state index contributed by atoms with van der Waals surface area (Å²) < 4.78 is 54.8.